The van der Waals surface area contributed by atoms with E-state index in [0.29, 0.717) is 5.75 Å². The summed E-state index contributed by atoms with van der Waals surface area (Å²) >= 11 is 6.65. The number of thioether (sulfide) groups is 3. The summed E-state index contributed by atoms with van der Waals surface area (Å²) in [5.74, 6) is 2.10. The van der Waals surface area contributed by atoms with Crippen LogP contribution in [0.4, 0.5) is 0 Å². The third-order valence-electron chi connectivity index (χ3n) is 2.35. The van der Waals surface area contributed by atoms with E-state index in [2.05, 4.69) is 10.2 Å². The molecule has 0 radical (unpaired) electrons. The van der Waals surface area contributed by atoms with E-state index in [9.17, 15) is 5.11 Å². The van der Waals surface area contributed by atoms with Crippen molar-refractivity contribution in [1.29, 1.82) is 0 Å². The molecule has 0 aliphatic heterocycles. The van der Waals surface area contributed by atoms with E-state index in [1.165, 1.54) is 0 Å². The Kier molecular flexibility index (Phi) is 7.73. The molecule has 0 amide bonds. The lowest BCUT2D eigenvalue weighted by molar-refractivity contribution is 0.167. The van der Waals surface area contributed by atoms with Crippen molar-refractivity contribution in [2.24, 2.45) is 0 Å². The van der Waals surface area contributed by atoms with Gasteiger partial charge in [0.05, 0.1) is 13.2 Å². The molecular formula is C13H16N2O2S4. The number of rotatable bonds is 9. The number of phenolic OH excluding ortho intramolecular Hbond substituents is 1. The van der Waals surface area contributed by atoms with Crippen molar-refractivity contribution in [3.05, 3.63) is 24.3 Å². The zero-order valence-electron chi connectivity index (χ0n) is 11.5. The summed E-state index contributed by atoms with van der Waals surface area (Å²) in [5, 5.41) is 17.3. The molecule has 1 aromatic carbocycles. The fraction of sp³-hybridized carbons (Fsp3) is 0.385. The second kappa shape index (κ2) is 9.58. The maximum absolute atomic E-state index is 9.19. The lowest BCUT2D eigenvalue weighted by atomic mass is 10.3. The summed E-state index contributed by atoms with van der Waals surface area (Å²) in [6.45, 7) is 1.44. The molecule has 0 aliphatic carbocycles. The van der Waals surface area contributed by atoms with Gasteiger partial charge in [0.15, 0.2) is 8.68 Å². The van der Waals surface area contributed by atoms with Gasteiger partial charge in [-0.2, -0.15) is 0 Å². The smallest absolute Gasteiger partial charge is 0.175 e. The normalized spacial score (nSPS) is 10.9. The van der Waals surface area contributed by atoms with Gasteiger partial charge >= 0.3 is 0 Å². The van der Waals surface area contributed by atoms with Crippen molar-refractivity contribution in [1.82, 2.24) is 10.2 Å². The van der Waals surface area contributed by atoms with Crippen molar-refractivity contribution in [3.63, 3.8) is 0 Å². The number of aromatic hydroxyl groups is 1. The van der Waals surface area contributed by atoms with Crippen LogP contribution in [-0.2, 0) is 4.74 Å². The summed E-state index contributed by atoms with van der Waals surface area (Å²) in [6.07, 6.45) is 2.00. The molecule has 0 fully saturated rings. The van der Waals surface area contributed by atoms with Gasteiger partial charge in [-0.1, -0.05) is 34.9 Å². The summed E-state index contributed by atoms with van der Waals surface area (Å²) in [5.41, 5.74) is 0. The van der Waals surface area contributed by atoms with E-state index in [-0.39, 0.29) is 0 Å². The molecule has 0 aliphatic rings. The quantitative estimate of drug-likeness (QED) is 0.538. The summed E-state index contributed by atoms with van der Waals surface area (Å²) in [4.78, 5) is 1.14. The lowest BCUT2D eigenvalue weighted by Gasteiger charge is -2.03. The molecule has 0 spiro atoms. The van der Waals surface area contributed by atoms with Gasteiger partial charge < -0.3 is 9.84 Å². The molecule has 2 aromatic rings. The molecule has 1 N–H and O–H groups in total. The van der Waals surface area contributed by atoms with E-state index in [1.807, 2.05) is 18.4 Å². The van der Waals surface area contributed by atoms with E-state index < -0.39 is 0 Å². The largest absolute Gasteiger partial charge is 0.508 e. The molecule has 0 unspecified atom stereocenters. The highest BCUT2D eigenvalue weighted by molar-refractivity contribution is 8.03. The average Bonchev–Trinajstić information content (AvgIpc) is 2.96. The number of benzene rings is 1. The van der Waals surface area contributed by atoms with Crippen LogP contribution in [0.25, 0.3) is 0 Å². The number of hydrogen-bond acceptors (Lipinski definition) is 8. The lowest BCUT2D eigenvalue weighted by Crippen LogP contribution is -2.01. The summed E-state index contributed by atoms with van der Waals surface area (Å²) in [6, 6.07) is 7.22. The fourth-order valence-corrected chi connectivity index (χ4v) is 4.51. The standard InChI is InChI=1S/C13H16N2O2S4/c1-18-12-14-15-13(21-12)20-9-7-17-6-8-19-11-4-2-10(16)3-5-11/h2-5,16H,6-9H2,1H3. The van der Waals surface area contributed by atoms with Crippen LogP contribution < -0.4 is 0 Å². The van der Waals surface area contributed by atoms with Crippen molar-refractivity contribution in [2.45, 2.75) is 13.6 Å². The number of nitrogens with zero attached hydrogens (tertiary/aromatic N) is 2. The predicted molar refractivity (Wildman–Crippen MR) is 92.1 cm³/mol. The molecular weight excluding hydrogens is 344 g/mol. The van der Waals surface area contributed by atoms with Crippen LogP contribution in [0.2, 0.25) is 0 Å². The van der Waals surface area contributed by atoms with Crippen LogP contribution in [-0.4, -0.2) is 46.3 Å². The van der Waals surface area contributed by atoms with Crippen molar-refractivity contribution in [3.8, 4) is 5.75 Å². The first-order valence-electron chi connectivity index (χ1n) is 6.28. The molecule has 1 heterocycles. The first-order valence-corrected chi connectivity index (χ1v) is 10.3. The van der Waals surface area contributed by atoms with Crippen LogP contribution in [0, 0.1) is 0 Å². The molecule has 114 valence electrons. The zero-order valence-corrected chi connectivity index (χ0v) is 14.8. The van der Waals surface area contributed by atoms with Gasteiger partial charge in [-0.15, -0.1) is 22.0 Å². The van der Waals surface area contributed by atoms with Crippen LogP contribution >= 0.6 is 46.6 Å². The minimum absolute atomic E-state index is 0.300. The third-order valence-corrected chi connectivity index (χ3v) is 6.32. The zero-order chi connectivity index (χ0) is 14.9. The Balaban J connectivity index is 1.51. The van der Waals surface area contributed by atoms with Gasteiger partial charge in [0.1, 0.15) is 5.75 Å². The Labute approximate surface area is 141 Å². The molecule has 0 atom stereocenters. The number of phenols is 1. The Hall–Kier alpha value is -0.410. The molecule has 0 saturated heterocycles. The van der Waals surface area contributed by atoms with Crippen LogP contribution in [0.15, 0.2) is 37.8 Å². The third kappa shape index (κ3) is 6.48. The SMILES string of the molecule is CSc1nnc(SCCOCCSc2ccc(O)cc2)s1. The van der Waals surface area contributed by atoms with Crippen molar-refractivity contribution in [2.75, 3.05) is 31.0 Å². The van der Waals surface area contributed by atoms with E-state index in [0.717, 1.165) is 38.3 Å². The highest BCUT2D eigenvalue weighted by Crippen LogP contribution is 2.27. The van der Waals surface area contributed by atoms with E-state index in [1.54, 1.807) is 58.8 Å². The maximum Gasteiger partial charge on any atom is 0.175 e. The van der Waals surface area contributed by atoms with Gasteiger partial charge in [-0.25, -0.2) is 0 Å². The molecule has 1 aromatic heterocycles. The average molecular weight is 361 g/mol. The number of hydrogen-bond donors (Lipinski definition) is 1. The van der Waals surface area contributed by atoms with Crippen molar-refractivity contribution >= 4 is 46.6 Å². The second-order valence-electron chi connectivity index (χ2n) is 3.84. The van der Waals surface area contributed by atoms with E-state index in [4.69, 9.17) is 4.74 Å². The van der Waals surface area contributed by atoms with Gasteiger partial charge in [0, 0.05) is 16.4 Å². The number of aromatic nitrogens is 2. The number of ether oxygens (including phenoxy) is 1. The highest BCUT2D eigenvalue weighted by atomic mass is 32.2. The second-order valence-corrected chi connectivity index (χ2v) is 8.38. The minimum atomic E-state index is 0.300. The monoisotopic (exact) mass is 360 g/mol. The van der Waals surface area contributed by atoms with Gasteiger partial charge in [-0.05, 0) is 30.5 Å². The Morgan fingerprint density at radius 2 is 1.71 bits per heavy atom. The molecule has 0 bridgehead atoms. The minimum Gasteiger partial charge on any atom is -0.508 e. The highest BCUT2D eigenvalue weighted by Gasteiger charge is 2.03. The molecule has 2 rings (SSSR count). The van der Waals surface area contributed by atoms with Gasteiger partial charge in [-0.3, -0.25) is 0 Å². The predicted octanol–water partition coefficient (Wildman–Crippen LogP) is 3.87. The topological polar surface area (TPSA) is 55.2 Å². The molecule has 0 saturated carbocycles. The first-order chi connectivity index (χ1) is 10.3. The van der Waals surface area contributed by atoms with E-state index >= 15 is 0 Å². The molecule has 8 heteroatoms. The molecule has 4 nitrogen and oxygen atoms in total. The first kappa shape index (κ1) is 17.0. The Morgan fingerprint density at radius 3 is 2.38 bits per heavy atom. The van der Waals surface area contributed by atoms with Gasteiger partial charge in [0.25, 0.3) is 0 Å². The summed E-state index contributed by atoms with van der Waals surface area (Å²) < 4.78 is 7.60. The van der Waals surface area contributed by atoms with Crippen LogP contribution in [0.3, 0.4) is 0 Å². The Bertz CT molecular complexity index is 533. The Morgan fingerprint density at radius 1 is 1.05 bits per heavy atom. The van der Waals surface area contributed by atoms with Gasteiger partial charge in [0.2, 0.25) is 0 Å². The van der Waals surface area contributed by atoms with Crippen LogP contribution in [0.1, 0.15) is 0 Å². The summed E-state index contributed by atoms with van der Waals surface area (Å²) in [7, 11) is 0. The fourth-order valence-electron chi connectivity index (χ4n) is 1.39. The van der Waals surface area contributed by atoms with Crippen molar-refractivity contribution < 1.29 is 9.84 Å². The maximum atomic E-state index is 9.19. The van der Waals surface area contributed by atoms with Crippen LogP contribution in [0.5, 0.6) is 5.75 Å². The molecule has 21 heavy (non-hydrogen) atoms.